The molecule has 0 spiro atoms. The Morgan fingerprint density at radius 2 is 2.24 bits per heavy atom. The Bertz CT molecular complexity index is 285. The minimum Gasteiger partial charge on any atom is -0.479 e. The number of nitrogens with one attached hydrogen (secondary N) is 1. The number of ether oxygens (including phenoxy) is 1. The van der Waals surface area contributed by atoms with E-state index in [1.807, 2.05) is 0 Å². The second kappa shape index (κ2) is 6.38. The smallest absolute Gasteiger partial charge is 0.334 e. The summed E-state index contributed by atoms with van der Waals surface area (Å²) in [6, 6.07) is -0.480. The number of aliphatic hydroxyl groups is 2. The molecule has 0 aromatic rings. The van der Waals surface area contributed by atoms with E-state index < -0.39 is 24.2 Å². The molecular formula is C9H16N2O6. The fraction of sp³-hybridized carbons (Fsp3) is 0.778. The minimum atomic E-state index is -1.62. The predicted molar refractivity (Wildman–Crippen MR) is 55.4 cm³/mol. The molecule has 1 rings (SSSR count). The van der Waals surface area contributed by atoms with Crippen molar-refractivity contribution in [2.75, 3.05) is 32.8 Å². The Morgan fingerprint density at radius 1 is 1.53 bits per heavy atom. The number of carboxylic acid groups (broad SMARTS) is 1. The van der Waals surface area contributed by atoms with E-state index in [1.165, 1.54) is 4.90 Å². The molecule has 1 heterocycles. The summed E-state index contributed by atoms with van der Waals surface area (Å²) in [5, 5.41) is 28.6. The molecule has 1 aliphatic rings. The van der Waals surface area contributed by atoms with Gasteiger partial charge in [-0.3, -0.25) is 0 Å². The SMILES string of the molecule is O=C(O)[C@@H](O)CNC(=O)N1CCOC(CO)C1. The lowest BCUT2D eigenvalue weighted by Crippen LogP contribution is -2.52. The van der Waals surface area contributed by atoms with Crippen LogP contribution < -0.4 is 5.32 Å². The number of nitrogens with zero attached hydrogens (tertiary/aromatic N) is 1. The van der Waals surface area contributed by atoms with Crippen molar-refractivity contribution >= 4 is 12.0 Å². The van der Waals surface area contributed by atoms with Crippen molar-refractivity contribution < 1.29 is 29.6 Å². The highest BCUT2D eigenvalue weighted by Crippen LogP contribution is 2.04. The molecule has 2 atom stereocenters. The number of amides is 2. The fourth-order valence-electron chi connectivity index (χ4n) is 1.40. The van der Waals surface area contributed by atoms with E-state index in [9.17, 15) is 9.59 Å². The van der Waals surface area contributed by atoms with Gasteiger partial charge in [0.2, 0.25) is 0 Å². The molecule has 1 saturated heterocycles. The van der Waals surface area contributed by atoms with Crippen molar-refractivity contribution in [3.05, 3.63) is 0 Å². The summed E-state index contributed by atoms with van der Waals surface area (Å²) in [6.45, 7) is 0.397. The first kappa shape index (κ1) is 13.7. The van der Waals surface area contributed by atoms with Gasteiger partial charge in [-0.05, 0) is 0 Å². The molecule has 1 unspecified atom stereocenters. The number of aliphatic hydroxyl groups excluding tert-OH is 2. The Hall–Kier alpha value is -1.38. The van der Waals surface area contributed by atoms with E-state index in [-0.39, 0.29) is 19.7 Å². The molecule has 8 nitrogen and oxygen atoms in total. The average molecular weight is 248 g/mol. The summed E-state index contributed by atoms with van der Waals surface area (Å²) in [5.74, 6) is -1.39. The molecule has 4 N–H and O–H groups in total. The first-order valence-corrected chi connectivity index (χ1v) is 5.20. The van der Waals surface area contributed by atoms with Crippen LogP contribution in [0, 0.1) is 0 Å². The van der Waals surface area contributed by atoms with E-state index in [2.05, 4.69) is 5.32 Å². The first-order valence-electron chi connectivity index (χ1n) is 5.20. The number of carbonyl (C=O) groups is 2. The summed E-state index contributed by atoms with van der Waals surface area (Å²) in [4.78, 5) is 23.3. The lowest BCUT2D eigenvalue weighted by atomic mass is 10.3. The summed E-state index contributed by atoms with van der Waals surface area (Å²) in [5.41, 5.74) is 0. The molecule has 0 aliphatic carbocycles. The number of hydrogen-bond donors (Lipinski definition) is 4. The van der Waals surface area contributed by atoms with Crippen LogP contribution in [-0.4, -0.2) is 77.3 Å². The highest BCUT2D eigenvalue weighted by atomic mass is 16.5. The Balaban J connectivity index is 2.34. The maximum Gasteiger partial charge on any atom is 0.334 e. The van der Waals surface area contributed by atoms with E-state index in [1.54, 1.807) is 0 Å². The standard InChI is InChI=1S/C9H16N2O6/c12-5-6-4-11(1-2-17-6)9(16)10-3-7(13)8(14)15/h6-7,12-13H,1-5H2,(H,10,16)(H,14,15)/t6?,7-/m0/s1. The van der Waals surface area contributed by atoms with Crippen LogP contribution >= 0.6 is 0 Å². The van der Waals surface area contributed by atoms with Gasteiger partial charge in [-0.25, -0.2) is 9.59 Å². The Labute approximate surface area is 97.8 Å². The zero-order chi connectivity index (χ0) is 12.8. The molecule has 0 aromatic carbocycles. The third kappa shape index (κ3) is 4.17. The van der Waals surface area contributed by atoms with Crippen LogP contribution in [0.2, 0.25) is 0 Å². The van der Waals surface area contributed by atoms with Crippen LogP contribution in [0.15, 0.2) is 0 Å². The summed E-state index contributed by atoms with van der Waals surface area (Å²) >= 11 is 0. The van der Waals surface area contributed by atoms with Crippen molar-refractivity contribution in [2.24, 2.45) is 0 Å². The molecule has 0 saturated carbocycles. The van der Waals surface area contributed by atoms with Gasteiger partial charge in [0.15, 0.2) is 6.10 Å². The van der Waals surface area contributed by atoms with Crippen LogP contribution in [0.5, 0.6) is 0 Å². The van der Waals surface area contributed by atoms with Crippen molar-refractivity contribution in [3.63, 3.8) is 0 Å². The van der Waals surface area contributed by atoms with Gasteiger partial charge >= 0.3 is 12.0 Å². The number of carbonyl (C=O) groups excluding carboxylic acids is 1. The molecule has 0 aromatic heterocycles. The van der Waals surface area contributed by atoms with E-state index in [4.69, 9.17) is 20.1 Å². The van der Waals surface area contributed by atoms with Gasteiger partial charge in [-0.2, -0.15) is 0 Å². The van der Waals surface area contributed by atoms with Crippen molar-refractivity contribution in [1.82, 2.24) is 10.2 Å². The predicted octanol–water partition coefficient (Wildman–Crippen LogP) is -2.17. The largest absolute Gasteiger partial charge is 0.479 e. The third-order valence-corrected chi connectivity index (χ3v) is 2.36. The van der Waals surface area contributed by atoms with Crippen LogP contribution in [0.4, 0.5) is 4.79 Å². The van der Waals surface area contributed by atoms with Gasteiger partial charge in [-0.1, -0.05) is 0 Å². The summed E-state index contributed by atoms with van der Waals surface area (Å²) < 4.78 is 5.16. The second-order valence-corrected chi connectivity index (χ2v) is 3.66. The Kier molecular flexibility index (Phi) is 5.13. The number of hydrogen-bond acceptors (Lipinski definition) is 5. The second-order valence-electron chi connectivity index (χ2n) is 3.66. The number of urea groups is 1. The molecule has 8 heteroatoms. The summed E-state index contributed by atoms with van der Waals surface area (Å²) in [7, 11) is 0. The highest BCUT2D eigenvalue weighted by molar-refractivity contribution is 5.76. The quantitative estimate of drug-likeness (QED) is 0.449. The Morgan fingerprint density at radius 3 is 2.82 bits per heavy atom. The maximum absolute atomic E-state index is 11.6. The first-order chi connectivity index (χ1) is 8.04. The monoisotopic (exact) mass is 248 g/mol. The van der Waals surface area contributed by atoms with Gasteiger partial charge in [0.05, 0.1) is 32.4 Å². The average Bonchev–Trinajstić information content (AvgIpc) is 2.35. The molecule has 98 valence electrons. The molecule has 0 bridgehead atoms. The van der Waals surface area contributed by atoms with Crippen molar-refractivity contribution in [1.29, 1.82) is 0 Å². The fourth-order valence-corrected chi connectivity index (χ4v) is 1.40. The van der Waals surface area contributed by atoms with Gasteiger partial charge < -0.3 is 30.3 Å². The van der Waals surface area contributed by atoms with Gasteiger partial charge in [0.25, 0.3) is 0 Å². The number of morpholine rings is 1. The van der Waals surface area contributed by atoms with Gasteiger partial charge in [-0.15, -0.1) is 0 Å². The normalized spacial score (nSPS) is 22.0. The van der Waals surface area contributed by atoms with Crippen LogP contribution in [0.25, 0.3) is 0 Å². The molecule has 17 heavy (non-hydrogen) atoms. The lowest BCUT2D eigenvalue weighted by molar-refractivity contribution is -0.146. The van der Waals surface area contributed by atoms with Crippen molar-refractivity contribution in [3.8, 4) is 0 Å². The van der Waals surface area contributed by atoms with Crippen LogP contribution in [-0.2, 0) is 9.53 Å². The number of carboxylic acids is 1. The molecular weight excluding hydrogens is 232 g/mol. The zero-order valence-electron chi connectivity index (χ0n) is 9.20. The molecule has 2 amide bonds. The van der Waals surface area contributed by atoms with Crippen molar-refractivity contribution in [2.45, 2.75) is 12.2 Å². The molecule has 1 aliphatic heterocycles. The minimum absolute atomic E-state index is 0.179. The molecule has 0 radical (unpaired) electrons. The summed E-state index contributed by atoms with van der Waals surface area (Å²) in [6.07, 6.45) is -2.03. The van der Waals surface area contributed by atoms with Gasteiger partial charge in [0.1, 0.15) is 0 Å². The van der Waals surface area contributed by atoms with E-state index >= 15 is 0 Å². The molecule has 1 fully saturated rings. The van der Waals surface area contributed by atoms with Gasteiger partial charge in [0, 0.05) is 6.54 Å². The van der Waals surface area contributed by atoms with E-state index in [0.29, 0.717) is 13.2 Å². The van der Waals surface area contributed by atoms with E-state index in [0.717, 1.165) is 0 Å². The highest BCUT2D eigenvalue weighted by Gasteiger charge is 2.24. The number of rotatable bonds is 4. The van der Waals surface area contributed by atoms with Crippen LogP contribution in [0.3, 0.4) is 0 Å². The number of aliphatic carboxylic acids is 1. The maximum atomic E-state index is 11.6. The topological polar surface area (TPSA) is 119 Å². The lowest BCUT2D eigenvalue weighted by Gasteiger charge is -2.32. The third-order valence-electron chi connectivity index (χ3n) is 2.36. The zero-order valence-corrected chi connectivity index (χ0v) is 9.20. The van der Waals surface area contributed by atoms with Crippen LogP contribution in [0.1, 0.15) is 0 Å².